The third kappa shape index (κ3) is 9.98. The molecule has 0 amide bonds. The van der Waals surface area contributed by atoms with Crippen molar-refractivity contribution in [2.45, 2.75) is 45.1 Å². The Kier molecular flexibility index (Phi) is 13.1. The minimum atomic E-state index is -4.71. The molecule has 218 valence electrons. The van der Waals surface area contributed by atoms with Gasteiger partial charge < -0.3 is 0 Å². The van der Waals surface area contributed by atoms with Gasteiger partial charge in [0, 0.05) is 5.39 Å². The minimum absolute atomic E-state index is 0.238. The van der Waals surface area contributed by atoms with E-state index in [0.717, 1.165) is 0 Å². The van der Waals surface area contributed by atoms with Crippen LogP contribution in [0.15, 0.2) is 156 Å². The average Bonchev–Trinajstić information content (AvgIpc) is 2.98. The van der Waals surface area contributed by atoms with Gasteiger partial charge >= 0.3 is 0 Å². The Morgan fingerprint density at radius 3 is 2.26 bits per heavy atom. The van der Waals surface area contributed by atoms with Crippen LogP contribution in [-0.4, -0.2) is 19.0 Å². The predicted octanol–water partition coefficient (Wildman–Crippen LogP) is 9.77. The van der Waals surface area contributed by atoms with Crippen LogP contribution in [0.4, 0.5) is 11.4 Å². The normalized spacial score (nSPS) is 15.0. The van der Waals surface area contributed by atoms with Crippen LogP contribution in [0.3, 0.4) is 0 Å². The Bertz CT molecular complexity index is 1680. The number of hydrogen-bond donors (Lipinski definition) is 1. The van der Waals surface area contributed by atoms with Crippen molar-refractivity contribution in [2.24, 2.45) is 35.9 Å². The average molecular weight is 588 g/mol. The van der Waals surface area contributed by atoms with Crippen molar-refractivity contribution in [3.63, 3.8) is 0 Å². The number of fused-ring (bicyclic) bond motifs is 1. The second kappa shape index (κ2) is 16.5. The van der Waals surface area contributed by atoms with Gasteiger partial charge in [0.15, 0.2) is 0 Å². The molecule has 42 heavy (non-hydrogen) atoms. The van der Waals surface area contributed by atoms with E-state index >= 15 is 0 Å². The largest absolute Gasteiger partial charge is 0.296 e. The third-order valence-corrected chi connectivity index (χ3v) is 6.45. The Balaban J connectivity index is 2.25. The molecule has 0 heterocycles. The van der Waals surface area contributed by atoms with Gasteiger partial charge in [-0.3, -0.25) is 4.55 Å². The molecule has 11 nitrogen and oxygen atoms in total. The zero-order valence-electron chi connectivity index (χ0n) is 23.9. The van der Waals surface area contributed by atoms with Crippen LogP contribution in [0.25, 0.3) is 10.8 Å². The molecule has 0 saturated heterocycles. The van der Waals surface area contributed by atoms with Crippen LogP contribution in [0.5, 0.6) is 0 Å². The van der Waals surface area contributed by atoms with Crippen molar-refractivity contribution in [3.8, 4) is 0 Å². The van der Waals surface area contributed by atoms with Crippen molar-refractivity contribution >= 4 is 32.3 Å². The molecule has 0 spiro atoms. The highest BCUT2D eigenvalue weighted by atomic mass is 32.2. The highest BCUT2D eigenvalue weighted by molar-refractivity contribution is 7.86. The summed E-state index contributed by atoms with van der Waals surface area (Å²) in [6, 6.07) is 7.51. The molecule has 0 aliphatic heterocycles. The summed E-state index contributed by atoms with van der Waals surface area (Å²) in [5.74, 6) is 0. The van der Waals surface area contributed by atoms with Gasteiger partial charge in [-0.25, -0.2) is 0 Å². The van der Waals surface area contributed by atoms with Crippen molar-refractivity contribution < 1.29 is 13.0 Å². The number of allylic oxidation sites excluding steroid dienone is 9. The van der Waals surface area contributed by atoms with E-state index in [-0.39, 0.29) is 17.4 Å². The molecule has 0 fully saturated rings. The number of hydrogen-bond acceptors (Lipinski definition) is 10. The van der Waals surface area contributed by atoms with E-state index in [1.54, 1.807) is 80.6 Å². The van der Waals surface area contributed by atoms with Gasteiger partial charge in [0.05, 0.1) is 28.8 Å². The molecular weight excluding hydrogens is 554 g/mol. The van der Waals surface area contributed by atoms with Crippen molar-refractivity contribution in [3.05, 3.63) is 120 Å². The van der Waals surface area contributed by atoms with Gasteiger partial charge in [-0.05, 0) is 74.2 Å². The molecule has 0 saturated carbocycles. The van der Waals surface area contributed by atoms with Crippen molar-refractivity contribution in [1.29, 1.82) is 0 Å². The molecular formula is C30H33N7O4S. The molecule has 0 radical (unpaired) electrons. The van der Waals surface area contributed by atoms with Crippen LogP contribution < -0.4 is 0 Å². The second-order valence-electron chi connectivity index (χ2n) is 8.66. The van der Waals surface area contributed by atoms with Gasteiger partial charge in [0.25, 0.3) is 10.1 Å². The summed E-state index contributed by atoms with van der Waals surface area (Å²) in [7, 11) is -4.71. The summed E-state index contributed by atoms with van der Waals surface area (Å²) < 4.78 is 33.7. The zero-order valence-corrected chi connectivity index (χ0v) is 24.7. The monoisotopic (exact) mass is 587 g/mol. The fraction of sp³-hybridized carbons (Fsp3) is 0.200. The molecule has 12 heteroatoms. The maximum Gasteiger partial charge on any atom is 0.296 e. The lowest BCUT2D eigenvalue weighted by molar-refractivity contribution is 0.483. The first kappa shape index (κ1) is 33.4. The predicted molar refractivity (Wildman–Crippen MR) is 166 cm³/mol. The Hall–Kier alpha value is -4.81. The highest BCUT2D eigenvalue weighted by Gasteiger charge is 2.22. The number of nitrogens with zero attached hydrogens (tertiary/aromatic N) is 7. The second-order valence-corrected chi connectivity index (χ2v) is 10.1. The summed E-state index contributed by atoms with van der Waals surface area (Å²) in [4.78, 5) is 11.1. The molecule has 0 aliphatic carbocycles. The van der Waals surface area contributed by atoms with E-state index in [0.29, 0.717) is 40.0 Å². The molecule has 1 N–H and O–H groups in total. The van der Waals surface area contributed by atoms with Crippen molar-refractivity contribution in [1.82, 2.24) is 0 Å². The maximum absolute atomic E-state index is 12.0. The maximum atomic E-state index is 12.0. The van der Waals surface area contributed by atoms with E-state index in [4.69, 9.17) is 0 Å². The molecule has 0 aliphatic rings. The fourth-order valence-electron chi connectivity index (χ4n) is 3.29. The lowest BCUT2D eigenvalue weighted by Crippen LogP contribution is -1.99. The first-order valence-corrected chi connectivity index (χ1v) is 14.3. The van der Waals surface area contributed by atoms with E-state index < -0.39 is 15.0 Å². The molecule has 0 aromatic heterocycles. The van der Waals surface area contributed by atoms with Crippen LogP contribution in [0.1, 0.15) is 34.1 Å². The Morgan fingerprint density at radius 2 is 1.64 bits per heavy atom. The number of nitroso groups, excluding NO2 is 1. The van der Waals surface area contributed by atoms with E-state index in [2.05, 4.69) is 49.0 Å². The summed E-state index contributed by atoms with van der Waals surface area (Å²) in [5.41, 5.74) is 1.67. The quantitative estimate of drug-likeness (QED) is 0.101. The van der Waals surface area contributed by atoms with Crippen LogP contribution in [0, 0.1) is 4.91 Å². The van der Waals surface area contributed by atoms with Crippen LogP contribution in [-0.2, 0) is 10.1 Å². The van der Waals surface area contributed by atoms with Gasteiger partial charge in [0.2, 0.25) is 0 Å². The number of azo groups is 3. The Morgan fingerprint density at radius 1 is 0.952 bits per heavy atom. The van der Waals surface area contributed by atoms with Crippen molar-refractivity contribution in [2.75, 3.05) is 0 Å². The first-order valence-electron chi connectivity index (χ1n) is 12.8. The standard InChI is InChI=1S/C30H33N7O4S/c1-7-24(8-2)33-31-22(6)18-19-26(10-4)35-34-25(9-3)16-13-14-21(5)32-36-30-28(42(39,40)41)20-23-15-11-12-17-27(23)29(30)37-38/h7-8,10-20,25H,1,4,9H2,2-3,5-6H3,(H,39,40,41)/b16-13-,21-14+,22-18+,24-8+,26-19+,33-31+,35-34?,36-32?. The number of rotatable bonds is 14. The van der Waals surface area contributed by atoms with Gasteiger partial charge in [-0.15, -0.1) is 10.0 Å². The van der Waals surface area contributed by atoms with Gasteiger partial charge in [0.1, 0.15) is 16.3 Å². The van der Waals surface area contributed by atoms with E-state index in [1.165, 1.54) is 6.07 Å². The molecule has 2 aromatic carbocycles. The highest BCUT2D eigenvalue weighted by Crippen LogP contribution is 2.41. The van der Waals surface area contributed by atoms with Gasteiger partial charge in [-0.2, -0.15) is 34.0 Å². The molecule has 0 bridgehead atoms. The van der Waals surface area contributed by atoms with E-state index in [9.17, 15) is 17.9 Å². The number of benzene rings is 2. The zero-order chi connectivity index (χ0) is 31.1. The fourth-order valence-corrected chi connectivity index (χ4v) is 3.95. The van der Waals surface area contributed by atoms with E-state index in [1.807, 2.05) is 19.9 Å². The summed E-state index contributed by atoms with van der Waals surface area (Å²) in [5, 5.41) is 28.5. The summed E-state index contributed by atoms with van der Waals surface area (Å²) in [6.07, 6.45) is 14.3. The minimum Gasteiger partial charge on any atom is -0.282 e. The third-order valence-electron chi connectivity index (χ3n) is 5.58. The Labute approximate surface area is 245 Å². The summed E-state index contributed by atoms with van der Waals surface area (Å²) >= 11 is 0. The summed E-state index contributed by atoms with van der Waals surface area (Å²) in [6.45, 7) is 14.7. The smallest absolute Gasteiger partial charge is 0.282 e. The molecule has 2 rings (SSSR count). The first-order chi connectivity index (χ1) is 20.1. The topological polar surface area (TPSA) is 158 Å². The molecule has 1 unspecified atom stereocenters. The SMILES string of the molecule is C=C\C(=C/C=C(C)/N=N/C(C=C)=C/C)N=NC(/C=C\C=C(/C)N=Nc1c(S(=O)(=O)O)cc2ccccc2c1N=O)CC. The van der Waals surface area contributed by atoms with Gasteiger partial charge in [-0.1, -0.05) is 62.6 Å². The molecule has 1 atom stereocenters. The lowest BCUT2D eigenvalue weighted by atomic mass is 10.1. The lowest BCUT2D eigenvalue weighted by Gasteiger charge is -2.07. The van der Waals surface area contributed by atoms with Crippen LogP contribution in [0.2, 0.25) is 0 Å². The molecule has 2 aromatic rings. The van der Waals surface area contributed by atoms with Crippen LogP contribution >= 0.6 is 0 Å².